The summed E-state index contributed by atoms with van der Waals surface area (Å²) in [5, 5.41) is 11.1. The van der Waals surface area contributed by atoms with Gasteiger partial charge in [-0.15, -0.1) is 0 Å². The highest BCUT2D eigenvalue weighted by molar-refractivity contribution is 5.82. The van der Waals surface area contributed by atoms with Crippen molar-refractivity contribution in [3.63, 3.8) is 0 Å². The average Bonchev–Trinajstić information content (AvgIpc) is 2.39. The molecule has 108 valence electrons. The van der Waals surface area contributed by atoms with E-state index in [1.165, 1.54) is 16.7 Å². The standard InChI is InChI=1S/C11H19N3O5/c1-3-19-11(18)14-6-4-13(5-7-14)10(17)12-8(2)9(15)16/h8H,3-7H2,1-2H3,(H,12,17)(H,15,16)/t8-/m0/s1. The molecule has 0 bridgehead atoms. The quantitative estimate of drug-likeness (QED) is 0.750. The fourth-order valence-corrected chi connectivity index (χ4v) is 1.65. The SMILES string of the molecule is CCOC(=O)N1CCN(C(=O)N[C@@H](C)C(=O)O)CC1. The minimum Gasteiger partial charge on any atom is -0.480 e. The van der Waals surface area contributed by atoms with Crippen LogP contribution in [0.2, 0.25) is 0 Å². The van der Waals surface area contributed by atoms with Crippen LogP contribution in [0.5, 0.6) is 0 Å². The number of hydrogen-bond acceptors (Lipinski definition) is 4. The Morgan fingerprint density at radius 3 is 2.21 bits per heavy atom. The van der Waals surface area contributed by atoms with Crippen LogP contribution in [0.4, 0.5) is 9.59 Å². The van der Waals surface area contributed by atoms with E-state index in [2.05, 4.69) is 5.32 Å². The van der Waals surface area contributed by atoms with E-state index < -0.39 is 18.0 Å². The minimum absolute atomic E-state index is 0.315. The van der Waals surface area contributed by atoms with Gasteiger partial charge in [0.2, 0.25) is 0 Å². The van der Waals surface area contributed by atoms with E-state index in [1.54, 1.807) is 6.92 Å². The topological polar surface area (TPSA) is 99.2 Å². The zero-order chi connectivity index (χ0) is 14.4. The summed E-state index contributed by atoms with van der Waals surface area (Å²) < 4.78 is 4.86. The molecule has 0 aromatic rings. The van der Waals surface area contributed by atoms with Crippen molar-refractivity contribution in [2.24, 2.45) is 0 Å². The first-order valence-corrected chi connectivity index (χ1v) is 6.15. The number of carboxylic acids is 1. The molecule has 1 aliphatic rings. The van der Waals surface area contributed by atoms with E-state index in [-0.39, 0.29) is 6.09 Å². The Balaban J connectivity index is 2.39. The van der Waals surface area contributed by atoms with Crippen LogP contribution in [-0.4, -0.2) is 71.8 Å². The minimum atomic E-state index is -1.08. The van der Waals surface area contributed by atoms with Crippen LogP contribution in [0, 0.1) is 0 Å². The molecule has 3 amide bonds. The summed E-state index contributed by atoms with van der Waals surface area (Å²) in [6.07, 6.45) is -0.388. The lowest BCUT2D eigenvalue weighted by Gasteiger charge is -2.34. The maximum Gasteiger partial charge on any atom is 0.409 e. The Morgan fingerprint density at radius 1 is 1.21 bits per heavy atom. The van der Waals surface area contributed by atoms with Gasteiger partial charge in [-0.2, -0.15) is 0 Å². The number of rotatable bonds is 3. The fourth-order valence-electron chi connectivity index (χ4n) is 1.65. The van der Waals surface area contributed by atoms with Crippen LogP contribution in [0.1, 0.15) is 13.8 Å². The van der Waals surface area contributed by atoms with Crippen molar-refractivity contribution in [1.29, 1.82) is 0 Å². The summed E-state index contributed by atoms with van der Waals surface area (Å²) in [7, 11) is 0. The third kappa shape index (κ3) is 4.31. The van der Waals surface area contributed by atoms with Gasteiger partial charge in [0.15, 0.2) is 0 Å². The predicted octanol–water partition coefficient (Wildman–Crippen LogP) is -0.0568. The number of amides is 3. The summed E-state index contributed by atoms with van der Waals surface area (Å²) in [5.74, 6) is -1.08. The molecule has 0 aromatic heterocycles. The van der Waals surface area contributed by atoms with Crippen molar-refractivity contribution in [3.05, 3.63) is 0 Å². The highest BCUT2D eigenvalue weighted by Crippen LogP contribution is 2.04. The first-order chi connectivity index (χ1) is 8.95. The molecule has 0 saturated carbocycles. The van der Waals surface area contributed by atoms with Crippen LogP contribution in [0.15, 0.2) is 0 Å². The largest absolute Gasteiger partial charge is 0.480 e. The molecule has 1 atom stereocenters. The Kier molecular flexibility index (Phi) is 5.40. The molecule has 0 radical (unpaired) electrons. The Bertz CT molecular complexity index is 352. The number of nitrogens with zero attached hydrogens (tertiary/aromatic N) is 2. The number of hydrogen-bond donors (Lipinski definition) is 2. The molecule has 1 rings (SSSR count). The van der Waals surface area contributed by atoms with Crippen LogP contribution in [0.3, 0.4) is 0 Å². The van der Waals surface area contributed by atoms with Crippen molar-refractivity contribution in [2.75, 3.05) is 32.8 Å². The van der Waals surface area contributed by atoms with Crippen molar-refractivity contribution in [3.8, 4) is 0 Å². The number of nitrogens with one attached hydrogen (secondary N) is 1. The van der Waals surface area contributed by atoms with Gasteiger partial charge in [-0.25, -0.2) is 9.59 Å². The smallest absolute Gasteiger partial charge is 0.409 e. The summed E-state index contributed by atoms with van der Waals surface area (Å²) in [4.78, 5) is 36.8. The van der Waals surface area contributed by atoms with Crippen LogP contribution in [0.25, 0.3) is 0 Å². The Labute approximate surface area is 111 Å². The van der Waals surface area contributed by atoms with E-state index in [0.29, 0.717) is 32.8 Å². The number of carboxylic acid groups (broad SMARTS) is 1. The Morgan fingerprint density at radius 2 is 1.74 bits per heavy atom. The van der Waals surface area contributed by atoms with Gasteiger partial charge in [0, 0.05) is 26.2 Å². The van der Waals surface area contributed by atoms with E-state index >= 15 is 0 Å². The van der Waals surface area contributed by atoms with Crippen molar-refractivity contribution in [1.82, 2.24) is 15.1 Å². The molecule has 0 spiro atoms. The maximum atomic E-state index is 11.7. The van der Waals surface area contributed by atoms with Crippen LogP contribution < -0.4 is 5.32 Å². The second kappa shape index (κ2) is 6.81. The van der Waals surface area contributed by atoms with Crippen molar-refractivity contribution >= 4 is 18.1 Å². The van der Waals surface area contributed by atoms with Gasteiger partial charge >= 0.3 is 18.1 Å². The lowest BCUT2D eigenvalue weighted by Crippen LogP contribution is -2.55. The van der Waals surface area contributed by atoms with Gasteiger partial charge in [0.05, 0.1) is 6.61 Å². The highest BCUT2D eigenvalue weighted by atomic mass is 16.6. The molecule has 0 aliphatic carbocycles. The van der Waals surface area contributed by atoms with Crippen LogP contribution >= 0.6 is 0 Å². The van der Waals surface area contributed by atoms with Crippen molar-refractivity contribution < 1.29 is 24.2 Å². The number of carbonyl (C=O) groups is 3. The van der Waals surface area contributed by atoms with Crippen LogP contribution in [-0.2, 0) is 9.53 Å². The van der Waals surface area contributed by atoms with Gasteiger partial charge in [0.25, 0.3) is 0 Å². The molecular weight excluding hydrogens is 254 g/mol. The number of urea groups is 1. The molecule has 0 aromatic carbocycles. The molecule has 1 heterocycles. The molecular formula is C11H19N3O5. The third-order valence-corrected chi connectivity index (χ3v) is 2.80. The van der Waals surface area contributed by atoms with E-state index in [0.717, 1.165) is 0 Å². The molecule has 1 aliphatic heterocycles. The second-order valence-corrected chi connectivity index (χ2v) is 4.18. The molecule has 1 fully saturated rings. The van der Waals surface area contributed by atoms with E-state index in [1.807, 2.05) is 0 Å². The fraction of sp³-hybridized carbons (Fsp3) is 0.727. The van der Waals surface area contributed by atoms with Gasteiger partial charge in [-0.1, -0.05) is 0 Å². The molecule has 8 heteroatoms. The average molecular weight is 273 g/mol. The first kappa shape index (κ1) is 15.1. The maximum absolute atomic E-state index is 11.7. The van der Waals surface area contributed by atoms with E-state index in [9.17, 15) is 14.4 Å². The summed E-state index contributed by atoms with van der Waals surface area (Å²) in [6.45, 7) is 4.93. The number of carbonyl (C=O) groups excluding carboxylic acids is 2. The summed E-state index contributed by atoms with van der Waals surface area (Å²) in [5.41, 5.74) is 0. The molecule has 2 N–H and O–H groups in total. The van der Waals surface area contributed by atoms with E-state index in [4.69, 9.17) is 9.84 Å². The molecule has 1 saturated heterocycles. The summed E-state index contributed by atoms with van der Waals surface area (Å²) >= 11 is 0. The second-order valence-electron chi connectivity index (χ2n) is 4.18. The first-order valence-electron chi connectivity index (χ1n) is 6.15. The molecule has 8 nitrogen and oxygen atoms in total. The van der Waals surface area contributed by atoms with Gasteiger partial charge in [-0.3, -0.25) is 4.79 Å². The normalized spacial score (nSPS) is 16.7. The molecule has 19 heavy (non-hydrogen) atoms. The number of aliphatic carboxylic acids is 1. The zero-order valence-corrected chi connectivity index (χ0v) is 11.1. The molecule has 0 unspecified atom stereocenters. The van der Waals surface area contributed by atoms with Gasteiger partial charge in [-0.05, 0) is 13.8 Å². The monoisotopic (exact) mass is 273 g/mol. The number of piperazine rings is 1. The lowest BCUT2D eigenvalue weighted by molar-refractivity contribution is -0.138. The number of ether oxygens (including phenoxy) is 1. The van der Waals surface area contributed by atoms with Gasteiger partial charge in [0.1, 0.15) is 6.04 Å². The third-order valence-electron chi connectivity index (χ3n) is 2.80. The zero-order valence-electron chi connectivity index (χ0n) is 11.1. The predicted molar refractivity (Wildman–Crippen MR) is 65.8 cm³/mol. The van der Waals surface area contributed by atoms with Gasteiger partial charge < -0.3 is 25.0 Å². The Hall–Kier alpha value is -1.99. The lowest BCUT2D eigenvalue weighted by atomic mass is 10.3. The highest BCUT2D eigenvalue weighted by Gasteiger charge is 2.26. The summed E-state index contributed by atoms with van der Waals surface area (Å²) in [6, 6.07) is -1.37. The van der Waals surface area contributed by atoms with Crippen molar-refractivity contribution in [2.45, 2.75) is 19.9 Å².